The molecule has 2 aliphatic heterocycles. The number of aliphatic carboxylic acids is 1. The molecule has 0 spiro atoms. The van der Waals surface area contributed by atoms with Gasteiger partial charge in [-0.1, -0.05) is 12.2 Å². The lowest BCUT2D eigenvalue weighted by Gasteiger charge is -2.41. The number of hydrogen-bond donors (Lipinski definition) is 3. The molecular weight excluding hydrogens is 280 g/mol. The van der Waals surface area contributed by atoms with E-state index in [0.717, 1.165) is 4.90 Å². The van der Waals surface area contributed by atoms with Crippen LogP contribution in [0.5, 0.6) is 0 Å². The zero-order valence-corrected chi connectivity index (χ0v) is 11.7. The Morgan fingerprint density at radius 2 is 2.14 bits per heavy atom. The normalized spacial score (nSPS) is 35.5. The standard InChI is InChI=1S/C13H18N2O6/c1-3-4-7-5-8(11(17)18)15-10(7)9(14-6(2)16)12(19)21-13(15)20/h3-4,7-10,12,19H,5H2,1-2H3,(H,14,16)(H,17,18)/b4-3-/t7-,8-,9-,10-,12+/m1/s1. The van der Waals surface area contributed by atoms with Gasteiger partial charge in [-0.3, -0.25) is 9.69 Å². The quantitative estimate of drug-likeness (QED) is 0.615. The van der Waals surface area contributed by atoms with Crippen LogP contribution >= 0.6 is 0 Å². The highest BCUT2D eigenvalue weighted by Crippen LogP contribution is 2.37. The number of aliphatic hydroxyl groups is 1. The van der Waals surface area contributed by atoms with Crippen molar-refractivity contribution in [3.63, 3.8) is 0 Å². The first-order chi connectivity index (χ1) is 9.86. The average Bonchev–Trinajstić information content (AvgIpc) is 2.75. The number of nitrogens with one attached hydrogen (secondary N) is 1. The summed E-state index contributed by atoms with van der Waals surface area (Å²) in [7, 11) is 0. The minimum absolute atomic E-state index is 0.211. The molecule has 3 N–H and O–H groups in total. The lowest BCUT2D eigenvalue weighted by Crippen LogP contribution is -2.65. The molecule has 0 aliphatic carbocycles. The third-order valence-electron chi connectivity index (χ3n) is 3.79. The Labute approximate surface area is 121 Å². The van der Waals surface area contributed by atoms with Gasteiger partial charge in [-0.05, 0) is 13.3 Å². The molecule has 116 valence electrons. The Balaban J connectivity index is 2.39. The van der Waals surface area contributed by atoms with E-state index in [0.29, 0.717) is 0 Å². The maximum Gasteiger partial charge on any atom is 0.413 e. The summed E-state index contributed by atoms with van der Waals surface area (Å²) in [4.78, 5) is 35.7. The SMILES string of the molecule is C/C=C\[C@@H]1C[C@H](C(=O)O)N2C(=O)O[C@H](O)[C@H](NC(C)=O)[C@@H]12. The number of carbonyl (C=O) groups is 3. The highest BCUT2D eigenvalue weighted by atomic mass is 16.7. The third kappa shape index (κ3) is 2.71. The maximum absolute atomic E-state index is 11.9. The minimum Gasteiger partial charge on any atom is -0.480 e. The highest BCUT2D eigenvalue weighted by molar-refractivity contribution is 5.82. The van der Waals surface area contributed by atoms with Gasteiger partial charge in [0.05, 0.1) is 6.04 Å². The summed E-state index contributed by atoms with van der Waals surface area (Å²) in [6.45, 7) is 3.06. The summed E-state index contributed by atoms with van der Waals surface area (Å²) in [5.74, 6) is -1.81. The van der Waals surface area contributed by atoms with Gasteiger partial charge in [0.2, 0.25) is 12.2 Å². The Bertz CT molecular complexity index is 491. The molecule has 2 aliphatic rings. The van der Waals surface area contributed by atoms with Crippen molar-refractivity contribution in [1.29, 1.82) is 0 Å². The molecule has 2 saturated heterocycles. The lowest BCUT2D eigenvalue weighted by atomic mass is 9.91. The first-order valence-electron chi connectivity index (χ1n) is 6.66. The van der Waals surface area contributed by atoms with Gasteiger partial charge >= 0.3 is 12.1 Å². The molecule has 0 saturated carbocycles. The van der Waals surface area contributed by atoms with E-state index in [-0.39, 0.29) is 12.3 Å². The van der Waals surface area contributed by atoms with E-state index >= 15 is 0 Å². The lowest BCUT2D eigenvalue weighted by molar-refractivity contribution is -0.154. The Morgan fingerprint density at radius 1 is 1.48 bits per heavy atom. The van der Waals surface area contributed by atoms with Crippen LogP contribution in [0, 0.1) is 5.92 Å². The number of hydrogen-bond acceptors (Lipinski definition) is 5. The average molecular weight is 298 g/mol. The molecule has 21 heavy (non-hydrogen) atoms. The van der Waals surface area contributed by atoms with Gasteiger partial charge in [0, 0.05) is 12.8 Å². The fraction of sp³-hybridized carbons (Fsp3) is 0.615. The summed E-state index contributed by atoms with van der Waals surface area (Å²) >= 11 is 0. The number of carboxylic acid groups (broad SMARTS) is 1. The molecule has 0 unspecified atom stereocenters. The number of allylic oxidation sites excluding steroid dienone is 1. The second kappa shape index (κ2) is 5.72. The van der Waals surface area contributed by atoms with Crippen molar-refractivity contribution in [3.05, 3.63) is 12.2 Å². The molecule has 2 heterocycles. The Kier molecular flexibility index (Phi) is 4.17. The number of amides is 2. The highest BCUT2D eigenvalue weighted by Gasteiger charge is 2.55. The second-order valence-corrected chi connectivity index (χ2v) is 5.18. The molecule has 0 radical (unpaired) electrons. The number of ether oxygens (including phenoxy) is 1. The third-order valence-corrected chi connectivity index (χ3v) is 3.79. The van der Waals surface area contributed by atoms with E-state index in [4.69, 9.17) is 4.74 Å². The first-order valence-corrected chi connectivity index (χ1v) is 6.66. The predicted octanol–water partition coefficient (Wildman–Crippen LogP) is -0.320. The number of nitrogens with zero attached hydrogens (tertiary/aromatic N) is 1. The molecule has 0 aromatic rings. The number of carboxylic acids is 1. The second-order valence-electron chi connectivity index (χ2n) is 5.18. The zero-order chi connectivity index (χ0) is 15.7. The summed E-state index contributed by atoms with van der Waals surface area (Å²) in [5.41, 5.74) is 0. The maximum atomic E-state index is 11.9. The molecule has 0 aromatic heterocycles. The van der Waals surface area contributed by atoms with Crippen LogP contribution < -0.4 is 5.32 Å². The fourth-order valence-electron chi connectivity index (χ4n) is 3.07. The number of aliphatic hydroxyl groups excluding tert-OH is 1. The molecule has 8 heteroatoms. The number of rotatable bonds is 3. The van der Waals surface area contributed by atoms with Crippen LogP contribution in [0.25, 0.3) is 0 Å². The Morgan fingerprint density at radius 3 is 2.67 bits per heavy atom. The van der Waals surface area contributed by atoms with Crippen LogP contribution in [0.4, 0.5) is 4.79 Å². The monoisotopic (exact) mass is 298 g/mol. The van der Waals surface area contributed by atoms with Gasteiger partial charge in [0.15, 0.2) is 0 Å². The van der Waals surface area contributed by atoms with Crippen LogP contribution in [0.2, 0.25) is 0 Å². The van der Waals surface area contributed by atoms with Crippen molar-refractivity contribution < 1.29 is 29.3 Å². The largest absolute Gasteiger partial charge is 0.480 e. The van der Waals surface area contributed by atoms with Crippen molar-refractivity contribution in [2.45, 2.75) is 44.7 Å². The van der Waals surface area contributed by atoms with Crippen molar-refractivity contribution >= 4 is 18.0 Å². The van der Waals surface area contributed by atoms with Crippen molar-refractivity contribution in [1.82, 2.24) is 10.2 Å². The smallest absolute Gasteiger partial charge is 0.413 e. The van der Waals surface area contributed by atoms with Crippen LogP contribution in [0.3, 0.4) is 0 Å². The summed E-state index contributed by atoms with van der Waals surface area (Å²) in [6, 6.07) is -2.55. The van der Waals surface area contributed by atoms with E-state index < -0.39 is 42.4 Å². The molecule has 2 amide bonds. The van der Waals surface area contributed by atoms with Crippen LogP contribution in [-0.2, 0) is 14.3 Å². The number of fused-ring (bicyclic) bond motifs is 1. The van der Waals surface area contributed by atoms with E-state index in [1.54, 1.807) is 19.1 Å². The molecule has 0 bridgehead atoms. The molecular formula is C13H18N2O6. The van der Waals surface area contributed by atoms with Crippen molar-refractivity contribution in [3.8, 4) is 0 Å². The van der Waals surface area contributed by atoms with Gasteiger partial charge in [-0.25, -0.2) is 9.59 Å². The topological polar surface area (TPSA) is 116 Å². The van der Waals surface area contributed by atoms with Crippen molar-refractivity contribution in [2.75, 3.05) is 0 Å². The zero-order valence-electron chi connectivity index (χ0n) is 11.7. The van der Waals surface area contributed by atoms with Gasteiger partial charge in [0.25, 0.3) is 0 Å². The van der Waals surface area contributed by atoms with E-state index in [1.807, 2.05) is 0 Å². The predicted molar refractivity (Wildman–Crippen MR) is 70.1 cm³/mol. The van der Waals surface area contributed by atoms with E-state index in [2.05, 4.69) is 5.32 Å². The Hall–Kier alpha value is -2.09. The summed E-state index contributed by atoms with van der Waals surface area (Å²) < 4.78 is 4.76. The van der Waals surface area contributed by atoms with Gasteiger partial charge in [0.1, 0.15) is 12.1 Å². The first kappa shape index (κ1) is 15.3. The summed E-state index contributed by atoms with van der Waals surface area (Å²) in [5, 5.41) is 21.7. The molecule has 2 rings (SSSR count). The van der Waals surface area contributed by atoms with Crippen LogP contribution in [-0.4, -0.2) is 57.5 Å². The fourth-order valence-corrected chi connectivity index (χ4v) is 3.07. The molecule has 0 aromatic carbocycles. The number of carbonyl (C=O) groups excluding carboxylic acids is 2. The molecule has 8 nitrogen and oxygen atoms in total. The van der Waals surface area contributed by atoms with Gasteiger partial charge < -0.3 is 20.3 Å². The van der Waals surface area contributed by atoms with E-state index in [9.17, 15) is 24.6 Å². The van der Waals surface area contributed by atoms with Crippen LogP contribution in [0.15, 0.2) is 12.2 Å². The van der Waals surface area contributed by atoms with Crippen molar-refractivity contribution in [2.24, 2.45) is 5.92 Å². The van der Waals surface area contributed by atoms with E-state index in [1.165, 1.54) is 6.92 Å². The number of cyclic esters (lactones) is 1. The summed E-state index contributed by atoms with van der Waals surface area (Å²) in [6.07, 6.45) is 1.36. The molecule has 5 atom stereocenters. The molecule has 2 fully saturated rings. The van der Waals surface area contributed by atoms with Gasteiger partial charge in [-0.2, -0.15) is 0 Å². The van der Waals surface area contributed by atoms with Crippen LogP contribution in [0.1, 0.15) is 20.3 Å². The van der Waals surface area contributed by atoms with Gasteiger partial charge in [-0.15, -0.1) is 0 Å². The minimum atomic E-state index is -1.50.